The van der Waals surface area contributed by atoms with Crippen LogP contribution in [0.3, 0.4) is 0 Å². The number of carbonyl (C=O) groups excluding carboxylic acids is 1. The number of quaternary nitrogens is 1. The Labute approximate surface area is 440 Å². The number of aliphatic hydroxyl groups excluding tert-OH is 2. The lowest BCUT2D eigenvalue weighted by Crippen LogP contribution is -2.51. The fraction of sp³-hybridized carbons (Fsp3) is 0.885. The van der Waals surface area contributed by atoms with Crippen LogP contribution >= 0.6 is 7.82 Å². The second kappa shape index (κ2) is 52.1. The number of rotatable bonds is 56. The van der Waals surface area contributed by atoms with Crippen LogP contribution in [0.1, 0.15) is 290 Å². The van der Waals surface area contributed by atoms with E-state index in [1.54, 1.807) is 0 Å². The van der Waals surface area contributed by atoms with E-state index < -0.39 is 32.7 Å². The first-order valence-corrected chi connectivity index (χ1v) is 31.9. The molecule has 4 unspecified atom stereocenters. The van der Waals surface area contributed by atoms with Crippen LogP contribution < -0.4 is 5.32 Å². The molecule has 0 saturated heterocycles. The van der Waals surface area contributed by atoms with E-state index in [4.69, 9.17) is 9.05 Å². The molecule has 0 aromatic rings. The molecule has 0 aliphatic heterocycles. The van der Waals surface area contributed by atoms with Gasteiger partial charge in [0.2, 0.25) is 5.91 Å². The lowest BCUT2D eigenvalue weighted by atomic mass is 9.99. The summed E-state index contributed by atoms with van der Waals surface area (Å²) in [6.45, 7) is 4.62. The van der Waals surface area contributed by atoms with Crippen molar-refractivity contribution in [2.45, 2.75) is 308 Å². The predicted molar refractivity (Wildman–Crippen MR) is 306 cm³/mol. The molecule has 0 aliphatic rings. The fourth-order valence-corrected chi connectivity index (χ4v) is 9.89. The molecule has 0 spiro atoms. The Morgan fingerprint density at radius 2 is 0.831 bits per heavy atom. The van der Waals surface area contributed by atoms with E-state index in [2.05, 4.69) is 55.6 Å². The van der Waals surface area contributed by atoms with E-state index in [9.17, 15) is 24.5 Å². The number of allylic oxidation sites excluding steroid dienone is 6. The highest BCUT2D eigenvalue weighted by molar-refractivity contribution is 7.47. The fourth-order valence-electron chi connectivity index (χ4n) is 9.15. The van der Waals surface area contributed by atoms with Crippen molar-refractivity contribution in [2.75, 3.05) is 40.9 Å². The van der Waals surface area contributed by atoms with Crippen LogP contribution in [0.5, 0.6) is 0 Å². The molecule has 1 amide bonds. The van der Waals surface area contributed by atoms with Gasteiger partial charge in [0.05, 0.1) is 39.9 Å². The van der Waals surface area contributed by atoms with E-state index in [-0.39, 0.29) is 12.5 Å². The van der Waals surface area contributed by atoms with Crippen molar-refractivity contribution in [1.29, 1.82) is 0 Å². The van der Waals surface area contributed by atoms with Gasteiger partial charge < -0.3 is 24.9 Å². The zero-order chi connectivity index (χ0) is 52.2. The standard InChI is InChI=1S/C61H119N2O7P/c1-6-8-10-12-14-16-18-20-21-22-23-24-25-26-27-28-29-30-31-32-33-34-35-36-37-38-39-40-41-42-44-46-48-50-52-54-60(65)62-58(57-70-71(67,68)69-56-55-63(3,4)5)61(66)59(64)53-51-49-47-45-43-19-17-15-13-11-9-7-2/h18,20,22-23,25-26,58-59,61,64,66H,6-17,19,21,24,27-57H2,1-5H3,(H-,62,65,67,68)/p+1/b20-18-,23-22-,26-25-. The first-order chi connectivity index (χ1) is 34.4. The highest BCUT2D eigenvalue weighted by Crippen LogP contribution is 2.43. The summed E-state index contributed by atoms with van der Waals surface area (Å²) in [6.07, 6.45) is 63.9. The number of amides is 1. The van der Waals surface area contributed by atoms with Gasteiger partial charge in [0.15, 0.2) is 0 Å². The third kappa shape index (κ3) is 53.3. The summed E-state index contributed by atoms with van der Waals surface area (Å²) in [4.78, 5) is 23.3. The minimum Gasteiger partial charge on any atom is -0.390 e. The summed E-state index contributed by atoms with van der Waals surface area (Å²) in [5, 5.41) is 24.8. The summed E-state index contributed by atoms with van der Waals surface area (Å²) in [5.74, 6) is -0.254. The number of nitrogens with zero attached hydrogens (tertiary/aromatic N) is 1. The average Bonchev–Trinajstić information content (AvgIpc) is 3.33. The maximum Gasteiger partial charge on any atom is 0.472 e. The molecule has 0 bridgehead atoms. The zero-order valence-corrected chi connectivity index (χ0v) is 48.5. The normalized spacial score (nSPS) is 14.5. The van der Waals surface area contributed by atoms with Gasteiger partial charge in [-0.05, 0) is 51.4 Å². The average molecular weight is 1020 g/mol. The molecule has 71 heavy (non-hydrogen) atoms. The predicted octanol–water partition coefficient (Wildman–Crippen LogP) is 17.5. The molecule has 0 saturated carbocycles. The molecule has 0 fully saturated rings. The number of unbranched alkanes of at least 4 members (excludes halogenated alkanes) is 36. The van der Waals surface area contributed by atoms with Crippen molar-refractivity contribution in [3.8, 4) is 0 Å². The maximum atomic E-state index is 13.0. The molecule has 9 nitrogen and oxygen atoms in total. The first-order valence-electron chi connectivity index (χ1n) is 30.4. The number of phosphoric ester groups is 1. The third-order valence-electron chi connectivity index (χ3n) is 14.0. The molecular weight excluding hydrogens is 904 g/mol. The Morgan fingerprint density at radius 3 is 1.21 bits per heavy atom. The second-order valence-corrected chi connectivity index (χ2v) is 23.7. The van der Waals surface area contributed by atoms with Crippen molar-refractivity contribution in [3.05, 3.63) is 36.5 Å². The van der Waals surface area contributed by atoms with E-state index in [0.717, 1.165) is 51.4 Å². The van der Waals surface area contributed by atoms with Gasteiger partial charge in [-0.2, -0.15) is 0 Å². The molecule has 0 aromatic heterocycles. The molecular formula is C61H120N2O7P+. The minimum atomic E-state index is -4.42. The Morgan fingerprint density at radius 1 is 0.493 bits per heavy atom. The van der Waals surface area contributed by atoms with E-state index in [1.807, 2.05) is 21.1 Å². The van der Waals surface area contributed by atoms with Gasteiger partial charge in [0.25, 0.3) is 0 Å². The Kier molecular flexibility index (Phi) is 51.2. The second-order valence-electron chi connectivity index (χ2n) is 22.2. The number of phosphoric acid groups is 1. The number of aliphatic hydroxyl groups is 2. The van der Waals surface area contributed by atoms with Crippen LogP contribution in [0.15, 0.2) is 36.5 Å². The molecule has 4 N–H and O–H groups in total. The Hall–Kier alpha value is -1.32. The highest BCUT2D eigenvalue weighted by atomic mass is 31.2. The molecule has 4 atom stereocenters. The van der Waals surface area contributed by atoms with Gasteiger partial charge in [-0.1, -0.05) is 269 Å². The van der Waals surface area contributed by atoms with Gasteiger partial charge >= 0.3 is 7.82 Å². The largest absolute Gasteiger partial charge is 0.472 e. The number of likely N-dealkylation sites (N-methyl/N-ethyl adjacent to an activating group) is 1. The maximum absolute atomic E-state index is 13.0. The number of carbonyl (C=O) groups is 1. The monoisotopic (exact) mass is 1020 g/mol. The number of hydrogen-bond donors (Lipinski definition) is 4. The molecule has 0 aliphatic carbocycles. The summed E-state index contributed by atoms with van der Waals surface area (Å²) < 4.78 is 23.6. The van der Waals surface area contributed by atoms with Gasteiger partial charge in [0, 0.05) is 6.42 Å². The molecule has 0 rings (SSSR count). The van der Waals surface area contributed by atoms with Crippen molar-refractivity contribution in [3.63, 3.8) is 0 Å². The van der Waals surface area contributed by atoms with Gasteiger partial charge in [-0.3, -0.25) is 13.8 Å². The van der Waals surface area contributed by atoms with E-state index >= 15 is 0 Å². The van der Waals surface area contributed by atoms with E-state index in [1.165, 1.54) is 212 Å². The topological polar surface area (TPSA) is 125 Å². The van der Waals surface area contributed by atoms with Crippen molar-refractivity contribution in [2.24, 2.45) is 0 Å². The van der Waals surface area contributed by atoms with E-state index in [0.29, 0.717) is 23.9 Å². The zero-order valence-electron chi connectivity index (χ0n) is 47.6. The van der Waals surface area contributed by atoms with Crippen molar-refractivity contribution < 1.29 is 38.0 Å². The Balaban J connectivity index is 4.01. The van der Waals surface area contributed by atoms with Crippen LogP contribution in [0.4, 0.5) is 0 Å². The van der Waals surface area contributed by atoms with Crippen LogP contribution in [0, 0.1) is 0 Å². The summed E-state index contributed by atoms with van der Waals surface area (Å²) in [6, 6.07) is -1.03. The Bertz CT molecular complexity index is 1270. The highest BCUT2D eigenvalue weighted by Gasteiger charge is 2.32. The minimum absolute atomic E-state index is 0.0234. The quantitative estimate of drug-likeness (QED) is 0.0207. The van der Waals surface area contributed by atoms with Gasteiger partial charge in [0.1, 0.15) is 19.3 Å². The smallest absolute Gasteiger partial charge is 0.390 e. The molecule has 0 heterocycles. The summed E-state index contributed by atoms with van der Waals surface area (Å²) in [5.41, 5.74) is 0. The number of nitrogens with one attached hydrogen (secondary N) is 1. The molecule has 0 aromatic carbocycles. The SMILES string of the molecule is CCCCCCC/C=C\C/C=C\C/C=C\CCCCCCCCCCCCCCCCCCCCCCC(=O)NC(COP(=O)(O)OCC[N+](C)(C)C)C(O)C(O)CCCCCCCCCCCCCC. The van der Waals surface area contributed by atoms with Gasteiger partial charge in [-0.25, -0.2) is 4.57 Å². The molecule has 420 valence electrons. The van der Waals surface area contributed by atoms with Crippen LogP contribution in [-0.2, 0) is 18.4 Å². The van der Waals surface area contributed by atoms with Crippen molar-refractivity contribution >= 4 is 13.7 Å². The van der Waals surface area contributed by atoms with Crippen LogP contribution in [-0.4, -0.2) is 84.6 Å². The van der Waals surface area contributed by atoms with Gasteiger partial charge in [-0.15, -0.1) is 0 Å². The lowest BCUT2D eigenvalue weighted by molar-refractivity contribution is -0.870. The van der Waals surface area contributed by atoms with Crippen molar-refractivity contribution in [1.82, 2.24) is 5.32 Å². The third-order valence-corrected chi connectivity index (χ3v) is 15.0. The summed E-state index contributed by atoms with van der Waals surface area (Å²) >= 11 is 0. The summed E-state index contributed by atoms with van der Waals surface area (Å²) in [7, 11) is 1.45. The molecule has 10 heteroatoms. The lowest BCUT2D eigenvalue weighted by Gasteiger charge is -2.28. The van der Waals surface area contributed by atoms with Crippen LogP contribution in [0.25, 0.3) is 0 Å². The first kappa shape index (κ1) is 69.7. The number of hydrogen-bond acceptors (Lipinski definition) is 6. The molecule has 0 radical (unpaired) electrons. The van der Waals surface area contributed by atoms with Crippen LogP contribution in [0.2, 0.25) is 0 Å².